The van der Waals surface area contributed by atoms with E-state index in [-0.39, 0.29) is 5.56 Å². The van der Waals surface area contributed by atoms with Crippen molar-refractivity contribution in [1.29, 1.82) is 0 Å². The van der Waals surface area contributed by atoms with Gasteiger partial charge in [-0.15, -0.1) is 0 Å². The van der Waals surface area contributed by atoms with Gasteiger partial charge in [0.05, 0.1) is 12.2 Å². The molecule has 0 bridgehead atoms. The summed E-state index contributed by atoms with van der Waals surface area (Å²) in [4.78, 5) is 26.7. The maximum absolute atomic E-state index is 12.7. The lowest BCUT2D eigenvalue weighted by Gasteiger charge is -2.23. The van der Waals surface area contributed by atoms with Gasteiger partial charge in [-0.25, -0.2) is 0 Å². The molecule has 3 aromatic carbocycles. The maximum atomic E-state index is 12.7. The predicted molar refractivity (Wildman–Crippen MR) is 118 cm³/mol. The molecule has 2 N–H and O–H groups in total. The summed E-state index contributed by atoms with van der Waals surface area (Å²) in [6.07, 6.45) is -4.41. The maximum Gasteiger partial charge on any atom is 0.416 e. The number of halogens is 3. The lowest BCUT2D eigenvalue weighted by molar-refractivity contribution is -0.137. The van der Waals surface area contributed by atoms with Crippen molar-refractivity contribution in [1.82, 2.24) is 10.2 Å². The number of nitrogens with zero attached hydrogens (tertiary/aromatic N) is 1. The van der Waals surface area contributed by atoms with E-state index in [1.54, 1.807) is 19.2 Å². The molecule has 5 nitrogen and oxygen atoms in total. The Kier molecular flexibility index (Phi) is 7.50. The van der Waals surface area contributed by atoms with Gasteiger partial charge >= 0.3 is 6.18 Å². The number of carbonyl (C=O) groups excluding carboxylic acids is 2. The number of hydrogen-bond donors (Lipinski definition) is 2. The van der Waals surface area contributed by atoms with Gasteiger partial charge in [0.2, 0.25) is 5.91 Å². The summed E-state index contributed by atoms with van der Waals surface area (Å²) in [6, 6.07) is 19.2. The van der Waals surface area contributed by atoms with E-state index in [0.717, 1.165) is 17.7 Å². The molecule has 0 aliphatic carbocycles. The summed E-state index contributed by atoms with van der Waals surface area (Å²) in [5, 5.41) is 12.2. The summed E-state index contributed by atoms with van der Waals surface area (Å²) in [7, 11) is 1.59. The molecular formula is C25H23F3N2O3. The average Bonchev–Trinajstić information content (AvgIpc) is 2.82. The van der Waals surface area contributed by atoms with E-state index < -0.39 is 36.2 Å². The van der Waals surface area contributed by atoms with Crippen LogP contribution in [-0.2, 0) is 17.5 Å². The third kappa shape index (κ3) is 6.20. The molecule has 0 radical (unpaired) electrons. The molecule has 0 aliphatic rings. The molecule has 0 saturated carbocycles. The van der Waals surface area contributed by atoms with E-state index in [0.29, 0.717) is 17.7 Å². The molecule has 33 heavy (non-hydrogen) atoms. The van der Waals surface area contributed by atoms with Gasteiger partial charge < -0.3 is 15.3 Å². The van der Waals surface area contributed by atoms with Crippen molar-refractivity contribution >= 4 is 11.8 Å². The first-order valence-corrected chi connectivity index (χ1v) is 10.2. The number of likely N-dealkylation sites (N-methyl/N-ethyl adjacent to an activating group) is 1. The van der Waals surface area contributed by atoms with Crippen LogP contribution in [-0.4, -0.2) is 41.5 Å². The summed E-state index contributed by atoms with van der Waals surface area (Å²) < 4.78 is 38.2. The van der Waals surface area contributed by atoms with Crippen LogP contribution in [0.3, 0.4) is 0 Å². The zero-order chi connectivity index (χ0) is 24.0. The average molecular weight is 456 g/mol. The number of rotatable bonds is 7. The molecule has 172 valence electrons. The highest BCUT2D eigenvalue weighted by atomic mass is 19.4. The van der Waals surface area contributed by atoms with Crippen molar-refractivity contribution in [3.63, 3.8) is 0 Å². The zero-order valence-corrected chi connectivity index (χ0v) is 17.8. The van der Waals surface area contributed by atoms with Crippen LogP contribution in [0.4, 0.5) is 13.2 Å². The lowest BCUT2D eigenvalue weighted by Crippen LogP contribution is -2.49. The van der Waals surface area contributed by atoms with Crippen molar-refractivity contribution in [2.75, 3.05) is 13.7 Å². The second-order valence-corrected chi connectivity index (χ2v) is 7.54. The van der Waals surface area contributed by atoms with Crippen molar-refractivity contribution < 1.29 is 27.9 Å². The van der Waals surface area contributed by atoms with Crippen LogP contribution < -0.4 is 5.32 Å². The number of aliphatic hydroxyl groups excluding tert-OH is 1. The molecule has 0 heterocycles. The monoisotopic (exact) mass is 456 g/mol. The molecule has 0 unspecified atom stereocenters. The largest absolute Gasteiger partial charge is 0.416 e. The van der Waals surface area contributed by atoms with Crippen LogP contribution in [0.5, 0.6) is 0 Å². The fourth-order valence-corrected chi connectivity index (χ4v) is 3.29. The Morgan fingerprint density at radius 1 is 0.909 bits per heavy atom. The van der Waals surface area contributed by atoms with Gasteiger partial charge in [0, 0.05) is 19.2 Å². The Labute approximate surface area is 189 Å². The lowest BCUT2D eigenvalue weighted by atomic mass is 10.0. The quantitative estimate of drug-likeness (QED) is 0.562. The Morgan fingerprint density at radius 2 is 1.45 bits per heavy atom. The van der Waals surface area contributed by atoms with E-state index in [1.165, 1.54) is 29.2 Å². The van der Waals surface area contributed by atoms with Gasteiger partial charge in [-0.05, 0) is 41.0 Å². The number of alkyl halides is 3. The first kappa shape index (κ1) is 24.0. The predicted octanol–water partition coefficient (Wildman–Crippen LogP) is 4.12. The van der Waals surface area contributed by atoms with Crippen LogP contribution >= 0.6 is 0 Å². The molecule has 0 aliphatic heterocycles. The van der Waals surface area contributed by atoms with Gasteiger partial charge in [0.25, 0.3) is 5.91 Å². The minimum Gasteiger partial charge on any atom is -0.394 e. The van der Waals surface area contributed by atoms with Crippen molar-refractivity contribution in [2.45, 2.75) is 18.8 Å². The van der Waals surface area contributed by atoms with E-state index in [1.807, 2.05) is 30.3 Å². The van der Waals surface area contributed by atoms with E-state index in [2.05, 4.69) is 5.32 Å². The summed E-state index contributed by atoms with van der Waals surface area (Å²) in [5.74, 6) is -0.981. The van der Waals surface area contributed by atoms with Gasteiger partial charge in [-0.3, -0.25) is 9.59 Å². The Balaban J connectivity index is 1.64. The summed E-state index contributed by atoms with van der Waals surface area (Å²) >= 11 is 0. The number of benzene rings is 3. The van der Waals surface area contributed by atoms with Crippen molar-refractivity contribution in [3.8, 4) is 11.1 Å². The van der Waals surface area contributed by atoms with Gasteiger partial charge in [-0.1, -0.05) is 54.6 Å². The highest BCUT2D eigenvalue weighted by molar-refractivity contribution is 5.98. The number of carbonyl (C=O) groups is 2. The molecule has 8 heteroatoms. The first-order chi connectivity index (χ1) is 15.7. The molecule has 3 rings (SSSR count). The van der Waals surface area contributed by atoms with E-state index in [9.17, 15) is 27.9 Å². The van der Waals surface area contributed by atoms with Crippen molar-refractivity contribution in [2.24, 2.45) is 0 Å². The number of nitrogens with one attached hydrogen (secondary N) is 1. The molecule has 2 amide bonds. The van der Waals surface area contributed by atoms with Crippen molar-refractivity contribution in [3.05, 3.63) is 95.6 Å². The number of amides is 2. The smallest absolute Gasteiger partial charge is 0.394 e. The second kappa shape index (κ2) is 10.3. The standard InChI is InChI=1S/C25H23F3N2O3/c1-30(15-17-5-3-2-4-6-17)24(33)22(16-31)29-23(32)20-9-7-18(8-10-20)19-11-13-21(14-12-19)25(26,27)28/h2-14,22,31H,15-16H2,1H3,(H,29,32)/t22-/m0/s1. The molecule has 1 atom stereocenters. The highest BCUT2D eigenvalue weighted by Gasteiger charge is 2.30. The fourth-order valence-electron chi connectivity index (χ4n) is 3.29. The third-order valence-electron chi connectivity index (χ3n) is 5.12. The topological polar surface area (TPSA) is 69.6 Å². The van der Waals surface area contributed by atoms with Crippen LogP contribution in [0.25, 0.3) is 11.1 Å². The summed E-state index contributed by atoms with van der Waals surface area (Å²) in [6.45, 7) is -0.235. The molecule has 0 saturated heterocycles. The Bertz CT molecular complexity index is 1080. The minimum absolute atomic E-state index is 0.252. The van der Waals surface area contributed by atoms with Crippen LogP contribution in [0, 0.1) is 0 Å². The van der Waals surface area contributed by atoms with Gasteiger partial charge in [0.1, 0.15) is 6.04 Å². The van der Waals surface area contributed by atoms with Crippen LogP contribution in [0.1, 0.15) is 21.5 Å². The van der Waals surface area contributed by atoms with E-state index in [4.69, 9.17) is 0 Å². The van der Waals surface area contributed by atoms with Gasteiger partial charge in [0.15, 0.2) is 0 Å². The summed E-state index contributed by atoms with van der Waals surface area (Å²) in [5.41, 5.74) is 1.63. The van der Waals surface area contributed by atoms with E-state index >= 15 is 0 Å². The van der Waals surface area contributed by atoms with Crippen LogP contribution in [0.2, 0.25) is 0 Å². The highest BCUT2D eigenvalue weighted by Crippen LogP contribution is 2.31. The molecule has 0 aromatic heterocycles. The Hall–Kier alpha value is -3.65. The molecular weight excluding hydrogens is 433 g/mol. The Morgan fingerprint density at radius 3 is 1.97 bits per heavy atom. The SMILES string of the molecule is CN(Cc1ccccc1)C(=O)[C@H](CO)NC(=O)c1ccc(-c2ccc(C(F)(F)F)cc2)cc1. The fraction of sp³-hybridized carbons (Fsp3) is 0.200. The first-order valence-electron chi connectivity index (χ1n) is 10.2. The second-order valence-electron chi connectivity index (χ2n) is 7.54. The van der Waals surface area contributed by atoms with Crippen LogP contribution in [0.15, 0.2) is 78.9 Å². The van der Waals surface area contributed by atoms with Gasteiger partial charge in [-0.2, -0.15) is 13.2 Å². The molecule has 0 fully saturated rings. The normalized spacial score (nSPS) is 12.2. The number of aliphatic hydroxyl groups is 1. The number of hydrogen-bond acceptors (Lipinski definition) is 3. The third-order valence-corrected chi connectivity index (χ3v) is 5.12. The zero-order valence-electron chi connectivity index (χ0n) is 17.8. The molecule has 3 aromatic rings. The molecule has 0 spiro atoms. The minimum atomic E-state index is -4.41.